The Balaban J connectivity index is 1.74. The van der Waals surface area contributed by atoms with E-state index in [2.05, 4.69) is 21.5 Å². The van der Waals surface area contributed by atoms with Crippen molar-refractivity contribution >= 4 is 23.2 Å². The summed E-state index contributed by atoms with van der Waals surface area (Å²) in [5, 5.41) is 1.50. The van der Waals surface area contributed by atoms with Crippen LogP contribution in [0.2, 0.25) is 10.0 Å². The monoisotopic (exact) mass is 323 g/mol. The molecule has 5 heteroatoms. The van der Waals surface area contributed by atoms with Crippen LogP contribution in [0.5, 0.6) is 0 Å². The van der Waals surface area contributed by atoms with Gasteiger partial charge in [0.2, 0.25) is 0 Å². The second-order valence-corrected chi connectivity index (χ2v) is 6.49. The minimum atomic E-state index is 0.486. The highest BCUT2D eigenvalue weighted by molar-refractivity contribution is 6.35. The van der Waals surface area contributed by atoms with Crippen molar-refractivity contribution in [3.05, 3.63) is 52.0 Å². The molecule has 3 rings (SSSR count). The van der Waals surface area contributed by atoms with Gasteiger partial charge in [-0.1, -0.05) is 29.3 Å². The molecule has 1 fully saturated rings. The van der Waals surface area contributed by atoms with Crippen LogP contribution < -0.4 is 0 Å². The lowest BCUT2D eigenvalue weighted by molar-refractivity contribution is 0.195. The molecule has 1 aliphatic rings. The summed E-state index contributed by atoms with van der Waals surface area (Å²) < 4.78 is 2.12. The fourth-order valence-electron chi connectivity index (χ4n) is 3.09. The van der Waals surface area contributed by atoms with Crippen LogP contribution in [0.3, 0.4) is 0 Å². The lowest BCUT2D eigenvalue weighted by Gasteiger charge is -2.32. The van der Waals surface area contributed by atoms with E-state index in [0.717, 1.165) is 35.2 Å². The largest absolute Gasteiger partial charge is 0.338 e. The predicted octanol–water partition coefficient (Wildman–Crippen LogP) is 4.11. The molecule has 1 saturated heterocycles. The summed E-state index contributed by atoms with van der Waals surface area (Å²) in [4.78, 5) is 6.93. The van der Waals surface area contributed by atoms with E-state index in [0.29, 0.717) is 5.92 Å². The first-order valence-corrected chi connectivity index (χ1v) is 8.03. The molecule has 112 valence electrons. The summed E-state index contributed by atoms with van der Waals surface area (Å²) in [7, 11) is 2.06. The SMILES string of the molecule is Cn1ccnc1C1CCCN(Cc2c(Cl)cccc2Cl)C1. The second kappa shape index (κ2) is 6.39. The summed E-state index contributed by atoms with van der Waals surface area (Å²) in [6, 6.07) is 5.70. The maximum Gasteiger partial charge on any atom is 0.112 e. The molecule has 1 aromatic carbocycles. The molecule has 0 saturated carbocycles. The number of hydrogen-bond donors (Lipinski definition) is 0. The number of likely N-dealkylation sites (tertiary alicyclic amines) is 1. The number of hydrogen-bond acceptors (Lipinski definition) is 2. The molecular formula is C16H19Cl2N3. The zero-order valence-corrected chi connectivity index (χ0v) is 13.6. The van der Waals surface area contributed by atoms with E-state index in [1.807, 2.05) is 30.6 Å². The maximum atomic E-state index is 6.28. The summed E-state index contributed by atoms with van der Waals surface area (Å²) in [6.45, 7) is 2.90. The van der Waals surface area contributed by atoms with Crippen molar-refractivity contribution in [2.24, 2.45) is 7.05 Å². The molecule has 2 heterocycles. The molecule has 0 aliphatic carbocycles. The van der Waals surface area contributed by atoms with Gasteiger partial charge in [-0.05, 0) is 31.5 Å². The first-order chi connectivity index (χ1) is 10.1. The Hall–Kier alpha value is -1.03. The summed E-state index contributed by atoms with van der Waals surface area (Å²) in [6.07, 6.45) is 6.26. The standard InChI is InChI=1S/C16H19Cl2N3/c1-20-9-7-19-16(20)12-4-3-8-21(10-12)11-13-14(17)5-2-6-15(13)18/h2,5-7,9,12H,3-4,8,10-11H2,1H3. The molecule has 0 spiro atoms. The summed E-state index contributed by atoms with van der Waals surface area (Å²) in [5.41, 5.74) is 1.03. The number of halogens is 2. The molecule has 3 nitrogen and oxygen atoms in total. The summed E-state index contributed by atoms with van der Waals surface area (Å²) >= 11 is 12.6. The minimum absolute atomic E-state index is 0.486. The Bertz CT molecular complexity index is 603. The van der Waals surface area contributed by atoms with Crippen molar-refractivity contribution in [2.45, 2.75) is 25.3 Å². The third-order valence-corrected chi connectivity index (χ3v) is 4.88. The molecule has 0 bridgehead atoms. The molecule has 21 heavy (non-hydrogen) atoms. The van der Waals surface area contributed by atoms with Gasteiger partial charge in [0, 0.05) is 54.1 Å². The van der Waals surface area contributed by atoms with Gasteiger partial charge in [-0.2, -0.15) is 0 Å². The number of nitrogens with zero attached hydrogens (tertiary/aromatic N) is 3. The van der Waals surface area contributed by atoms with Crippen LogP contribution in [-0.2, 0) is 13.6 Å². The zero-order chi connectivity index (χ0) is 14.8. The van der Waals surface area contributed by atoms with E-state index < -0.39 is 0 Å². The van der Waals surface area contributed by atoms with Gasteiger partial charge >= 0.3 is 0 Å². The minimum Gasteiger partial charge on any atom is -0.338 e. The van der Waals surface area contributed by atoms with Crippen molar-refractivity contribution < 1.29 is 0 Å². The van der Waals surface area contributed by atoms with Gasteiger partial charge < -0.3 is 4.57 Å². The molecule has 0 N–H and O–H groups in total. The van der Waals surface area contributed by atoms with Crippen molar-refractivity contribution in [1.82, 2.24) is 14.5 Å². The Morgan fingerprint density at radius 1 is 1.29 bits per heavy atom. The number of aryl methyl sites for hydroxylation is 1. The molecule has 1 aromatic heterocycles. The average molecular weight is 324 g/mol. The number of piperidine rings is 1. The highest BCUT2D eigenvalue weighted by Gasteiger charge is 2.24. The predicted molar refractivity (Wildman–Crippen MR) is 86.9 cm³/mol. The molecule has 0 radical (unpaired) electrons. The zero-order valence-electron chi connectivity index (χ0n) is 12.1. The first-order valence-electron chi connectivity index (χ1n) is 7.27. The molecular weight excluding hydrogens is 305 g/mol. The number of aromatic nitrogens is 2. The van der Waals surface area contributed by atoms with Gasteiger partial charge in [-0.3, -0.25) is 4.90 Å². The van der Waals surface area contributed by atoms with Crippen molar-refractivity contribution in [3.8, 4) is 0 Å². The van der Waals surface area contributed by atoms with Crippen LogP contribution >= 0.6 is 23.2 Å². The normalized spacial score (nSPS) is 19.9. The fourth-order valence-corrected chi connectivity index (χ4v) is 3.60. The Morgan fingerprint density at radius 3 is 2.71 bits per heavy atom. The molecule has 1 atom stereocenters. The van der Waals surface area contributed by atoms with E-state index in [9.17, 15) is 0 Å². The highest BCUT2D eigenvalue weighted by atomic mass is 35.5. The summed E-state index contributed by atoms with van der Waals surface area (Å²) in [5.74, 6) is 1.66. The van der Waals surface area contributed by atoms with E-state index in [4.69, 9.17) is 23.2 Å². The van der Waals surface area contributed by atoms with E-state index in [-0.39, 0.29) is 0 Å². The van der Waals surface area contributed by atoms with Crippen LogP contribution in [0.25, 0.3) is 0 Å². The van der Waals surface area contributed by atoms with Gasteiger partial charge in [0.1, 0.15) is 5.82 Å². The van der Waals surface area contributed by atoms with E-state index >= 15 is 0 Å². The average Bonchev–Trinajstić information content (AvgIpc) is 2.90. The third kappa shape index (κ3) is 3.25. The number of rotatable bonds is 3. The number of imidazole rings is 1. The number of benzene rings is 1. The van der Waals surface area contributed by atoms with Crippen LogP contribution in [0.4, 0.5) is 0 Å². The van der Waals surface area contributed by atoms with Crippen LogP contribution in [0.1, 0.15) is 30.1 Å². The Morgan fingerprint density at radius 2 is 2.05 bits per heavy atom. The molecule has 0 amide bonds. The van der Waals surface area contributed by atoms with Gasteiger partial charge in [0.15, 0.2) is 0 Å². The lowest BCUT2D eigenvalue weighted by atomic mass is 9.96. The van der Waals surface area contributed by atoms with E-state index in [1.165, 1.54) is 18.7 Å². The second-order valence-electron chi connectivity index (χ2n) is 5.67. The third-order valence-electron chi connectivity index (χ3n) is 4.17. The van der Waals surface area contributed by atoms with E-state index in [1.54, 1.807) is 0 Å². The van der Waals surface area contributed by atoms with Gasteiger partial charge in [-0.15, -0.1) is 0 Å². The highest BCUT2D eigenvalue weighted by Crippen LogP contribution is 2.30. The Labute approximate surface area is 135 Å². The van der Waals surface area contributed by atoms with Crippen molar-refractivity contribution in [2.75, 3.05) is 13.1 Å². The topological polar surface area (TPSA) is 21.1 Å². The van der Waals surface area contributed by atoms with Crippen molar-refractivity contribution in [1.29, 1.82) is 0 Å². The maximum absolute atomic E-state index is 6.28. The van der Waals surface area contributed by atoms with Crippen molar-refractivity contribution in [3.63, 3.8) is 0 Å². The van der Waals surface area contributed by atoms with Gasteiger partial charge in [0.05, 0.1) is 0 Å². The van der Waals surface area contributed by atoms with Gasteiger partial charge in [0.25, 0.3) is 0 Å². The lowest BCUT2D eigenvalue weighted by Crippen LogP contribution is -2.34. The molecule has 1 unspecified atom stereocenters. The fraction of sp³-hybridized carbons (Fsp3) is 0.438. The van der Waals surface area contributed by atoms with Crippen LogP contribution in [0.15, 0.2) is 30.6 Å². The van der Waals surface area contributed by atoms with Crippen LogP contribution in [0, 0.1) is 0 Å². The van der Waals surface area contributed by atoms with Crippen LogP contribution in [-0.4, -0.2) is 27.5 Å². The molecule has 2 aromatic rings. The first kappa shape index (κ1) is 14.9. The smallest absolute Gasteiger partial charge is 0.112 e. The quantitative estimate of drug-likeness (QED) is 0.847. The van der Waals surface area contributed by atoms with Gasteiger partial charge in [-0.25, -0.2) is 4.98 Å². The Kier molecular flexibility index (Phi) is 4.53. The molecule has 1 aliphatic heterocycles.